The second kappa shape index (κ2) is 7.34. The lowest BCUT2D eigenvalue weighted by Gasteiger charge is -2.10. The smallest absolute Gasteiger partial charge is 0.141 e. The molecule has 0 N–H and O–H groups in total. The molecule has 0 aromatic heterocycles. The minimum absolute atomic E-state index is 0.206. The molecule has 4 aromatic carbocycles. The first-order valence-corrected chi connectivity index (χ1v) is 10.1. The minimum atomic E-state index is 0.206. The van der Waals surface area contributed by atoms with Crippen molar-refractivity contribution in [2.75, 3.05) is 0 Å². The predicted molar refractivity (Wildman–Crippen MR) is 116 cm³/mol. The van der Waals surface area contributed by atoms with Crippen LogP contribution in [0.3, 0.4) is 0 Å². The number of Topliss-reactive ketones (excluding diaryl/α,β-unsaturated/α-hetero) is 1. The number of hydrogen-bond acceptors (Lipinski definition) is 1. The summed E-state index contributed by atoms with van der Waals surface area (Å²) in [5.74, 6) is 0.206. The molecule has 0 spiro atoms. The van der Waals surface area contributed by atoms with E-state index in [1.807, 2.05) is 36.4 Å². The van der Waals surface area contributed by atoms with Gasteiger partial charge in [-0.05, 0) is 64.5 Å². The molecule has 0 saturated carbocycles. The standard InChI is InChI=1S/C23H16Br2O/c24-22-17(11-9-15-5-1-3-7-20(15)22)13-19(26)14-18-12-10-16-6-2-4-8-21(16)23(18)25/h1-12H,13-14H2. The fraction of sp³-hybridized carbons (Fsp3) is 0.0870. The zero-order valence-electron chi connectivity index (χ0n) is 14.0. The second-order valence-corrected chi connectivity index (χ2v) is 8.00. The summed E-state index contributed by atoms with van der Waals surface area (Å²) >= 11 is 7.36. The number of hydrogen-bond donors (Lipinski definition) is 0. The van der Waals surface area contributed by atoms with Crippen LogP contribution in [0.25, 0.3) is 21.5 Å². The summed E-state index contributed by atoms with van der Waals surface area (Å²) in [6, 6.07) is 24.6. The highest BCUT2D eigenvalue weighted by Gasteiger charge is 2.13. The third-order valence-electron chi connectivity index (χ3n) is 4.66. The van der Waals surface area contributed by atoms with Crippen LogP contribution in [-0.4, -0.2) is 5.78 Å². The highest BCUT2D eigenvalue weighted by molar-refractivity contribution is 9.11. The van der Waals surface area contributed by atoms with Crippen LogP contribution in [-0.2, 0) is 17.6 Å². The number of ketones is 1. The van der Waals surface area contributed by atoms with Crippen molar-refractivity contribution < 1.29 is 4.79 Å². The van der Waals surface area contributed by atoms with Crippen LogP contribution in [0.2, 0.25) is 0 Å². The summed E-state index contributed by atoms with van der Waals surface area (Å²) in [6.07, 6.45) is 0.843. The average Bonchev–Trinajstić information content (AvgIpc) is 2.67. The van der Waals surface area contributed by atoms with Gasteiger partial charge in [0.2, 0.25) is 0 Å². The molecule has 0 unspecified atom stereocenters. The van der Waals surface area contributed by atoms with Crippen molar-refractivity contribution in [2.45, 2.75) is 12.8 Å². The number of carbonyl (C=O) groups is 1. The summed E-state index contributed by atoms with van der Waals surface area (Å²) in [6.45, 7) is 0. The van der Waals surface area contributed by atoms with Gasteiger partial charge in [-0.1, -0.05) is 72.8 Å². The quantitative estimate of drug-likeness (QED) is 0.320. The molecule has 0 aliphatic heterocycles. The van der Waals surface area contributed by atoms with E-state index in [0.29, 0.717) is 12.8 Å². The first-order valence-electron chi connectivity index (χ1n) is 8.47. The zero-order valence-corrected chi connectivity index (χ0v) is 17.2. The van der Waals surface area contributed by atoms with E-state index < -0.39 is 0 Å². The lowest BCUT2D eigenvalue weighted by Crippen LogP contribution is -2.08. The molecule has 0 fully saturated rings. The number of rotatable bonds is 4. The van der Waals surface area contributed by atoms with Crippen LogP contribution >= 0.6 is 31.9 Å². The molecular formula is C23H16Br2O. The van der Waals surface area contributed by atoms with Crippen LogP contribution in [0.1, 0.15) is 11.1 Å². The van der Waals surface area contributed by atoms with Crippen molar-refractivity contribution in [1.29, 1.82) is 0 Å². The van der Waals surface area contributed by atoms with Crippen LogP contribution in [0.4, 0.5) is 0 Å². The van der Waals surface area contributed by atoms with Gasteiger partial charge in [0.15, 0.2) is 0 Å². The molecule has 128 valence electrons. The van der Waals surface area contributed by atoms with E-state index in [1.54, 1.807) is 0 Å². The Labute approximate surface area is 169 Å². The molecule has 1 nitrogen and oxygen atoms in total. The molecule has 0 aliphatic rings. The van der Waals surface area contributed by atoms with Gasteiger partial charge in [0, 0.05) is 21.8 Å². The van der Waals surface area contributed by atoms with Crippen molar-refractivity contribution >= 4 is 59.2 Å². The Bertz CT molecular complexity index is 1040. The lowest BCUT2D eigenvalue weighted by molar-refractivity contribution is -0.117. The Kier molecular flexibility index (Phi) is 4.92. The first kappa shape index (κ1) is 17.4. The van der Waals surface area contributed by atoms with E-state index >= 15 is 0 Å². The molecule has 0 heterocycles. The zero-order chi connectivity index (χ0) is 18.1. The van der Waals surface area contributed by atoms with Crippen LogP contribution in [0, 0.1) is 0 Å². The topological polar surface area (TPSA) is 17.1 Å². The largest absolute Gasteiger partial charge is 0.299 e. The Balaban J connectivity index is 1.60. The van der Waals surface area contributed by atoms with E-state index in [-0.39, 0.29) is 5.78 Å². The van der Waals surface area contributed by atoms with Gasteiger partial charge in [-0.3, -0.25) is 4.79 Å². The van der Waals surface area contributed by atoms with E-state index in [1.165, 1.54) is 10.8 Å². The summed E-state index contributed by atoms with van der Waals surface area (Å²) in [7, 11) is 0. The Morgan fingerprint density at radius 2 is 1.04 bits per heavy atom. The molecule has 0 radical (unpaired) electrons. The molecule has 4 aromatic rings. The average molecular weight is 468 g/mol. The molecule has 26 heavy (non-hydrogen) atoms. The third kappa shape index (κ3) is 3.34. The number of fused-ring (bicyclic) bond motifs is 2. The Morgan fingerprint density at radius 3 is 1.50 bits per heavy atom. The summed E-state index contributed by atoms with van der Waals surface area (Å²) in [5, 5.41) is 4.63. The van der Waals surface area contributed by atoms with E-state index in [2.05, 4.69) is 68.3 Å². The maximum Gasteiger partial charge on any atom is 0.141 e. The fourth-order valence-electron chi connectivity index (χ4n) is 3.32. The predicted octanol–water partition coefficient (Wildman–Crippen LogP) is 6.87. The highest BCUT2D eigenvalue weighted by Crippen LogP contribution is 2.30. The van der Waals surface area contributed by atoms with Gasteiger partial charge in [-0.2, -0.15) is 0 Å². The maximum atomic E-state index is 12.7. The minimum Gasteiger partial charge on any atom is -0.299 e. The van der Waals surface area contributed by atoms with Crippen molar-refractivity contribution in [1.82, 2.24) is 0 Å². The summed E-state index contributed by atoms with van der Waals surface area (Å²) in [4.78, 5) is 12.7. The van der Waals surface area contributed by atoms with Gasteiger partial charge in [-0.15, -0.1) is 0 Å². The van der Waals surface area contributed by atoms with Gasteiger partial charge < -0.3 is 0 Å². The Hall–Kier alpha value is -1.97. The van der Waals surface area contributed by atoms with Gasteiger partial charge in [0.05, 0.1) is 0 Å². The van der Waals surface area contributed by atoms with Crippen molar-refractivity contribution in [3.8, 4) is 0 Å². The molecule has 0 amide bonds. The fourth-order valence-corrected chi connectivity index (χ4v) is 4.58. The van der Waals surface area contributed by atoms with Crippen LogP contribution in [0.5, 0.6) is 0 Å². The number of carbonyl (C=O) groups excluding carboxylic acids is 1. The van der Waals surface area contributed by atoms with Crippen LogP contribution in [0.15, 0.2) is 81.7 Å². The second-order valence-electron chi connectivity index (χ2n) is 6.41. The first-order chi connectivity index (χ1) is 12.6. The number of benzene rings is 4. The monoisotopic (exact) mass is 466 g/mol. The van der Waals surface area contributed by atoms with Gasteiger partial charge in [-0.25, -0.2) is 0 Å². The molecule has 0 saturated heterocycles. The van der Waals surface area contributed by atoms with Crippen molar-refractivity contribution in [3.05, 3.63) is 92.9 Å². The van der Waals surface area contributed by atoms with Crippen molar-refractivity contribution in [3.63, 3.8) is 0 Å². The molecule has 4 rings (SSSR count). The Morgan fingerprint density at radius 1 is 0.615 bits per heavy atom. The van der Waals surface area contributed by atoms with Crippen molar-refractivity contribution in [2.24, 2.45) is 0 Å². The summed E-state index contributed by atoms with van der Waals surface area (Å²) in [5.41, 5.74) is 2.07. The maximum absolute atomic E-state index is 12.7. The molecule has 0 bridgehead atoms. The van der Waals surface area contributed by atoms with Crippen LogP contribution < -0.4 is 0 Å². The SMILES string of the molecule is O=C(Cc1ccc2ccccc2c1Br)Cc1ccc2ccccc2c1Br. The van der Waals surface area contributed by atoms with E-state index in [9.17, 15) is 4.79 Å². The molecule has 0 atom stereocenters. The number of halogens is 2. The molecular weight excluding hydrogens is 452 g/mol. The molecule has 0 aliphatic carbocycles. The summed E-state index contributed by atoms with van der Waals surface area (Å²) < 4.78 is 2.03. The van der Waals surface area contributed by atoms with Gasteiger partial charge >= 0.3 is 0 Å². The third-order valence-corrected chi connectivity index (χ3v) is 6.53. The molecule has 3 heteroatoms. The van der Waals surface area contributed by atoms with E-state index in [0.717, 1.165) is 30.8 Å². The highest BCUT2D eigenvalue weighted by atomic mass is 79.9. The van der Waals surface area contributed by atoms with Gasteiger partial charge in [0.1, 0.15) is 5.78 Å². The normalized spacial score (nSPS) is 11.2. The van der Waals surface area contributed by atoms with E-state index in [4.69, 9.17) is 0 Å². The van der Waals surface area contributed by atoms with Gasteiger partial charge in [0.25, 0.3) is 0 Å². The lowest BCUT2D eigenvalue weighted by atomic mass is 9.98.